The van der Waals surface area contributed by atoms with Gasteiger partial charge >= 0.3 is 6.09 Å². The summed E-state index contributed by atoms with van der Waals surface area (Å²) in [5, 5.41) is 14.6. The van der Waals surface area contributed by atoms with Crippen LogP contribution in [-0.4, -0.2) is 35.1 Å². The second kappa shape index (κ2) is 11.6. The average molecular weight is 428 g/mol. The number of hydrogen-bond donors (Lipinski definition) is 4. The fourth-order valence-corrected chi connectivity index (χ4v) is 2.97. The molecule has 0 unspecified atom stereocenters. The van der Waals surface area contributed by atoms with Crippen LogP contribution in [0.15, 0.2) is 54.6 Å². The van der Waals surface area contributed by atoms with Crippen LogP contribution in [0.25, 0.3) is 0 Å². The van der Waals surface area contributed by atoms with E-state index in [-0.39, 0.29) is 24.7 Å². The highest BCUT2D eigenvalue weighted by Crippen LogP contribution is 2.12. The quantitative estimate of drug-likeness (QED) is 0.462. The van der Waals surface area contributed by atoms with E-state index in [1.54, 1.807) is 12.1 Å². The van der Waals surface area contributed by atoms with Crippen LogP contribution in [0.3, 0.4) is 0 Å². The van der Waals surface area contributed by atoms with E-state index in [0.717, 1.165) is 11.1 Å². The molecule has 0 saturated carbocycles. The molecule has 0 spiro atoms. The van der Waals surface area contributed by atoms with E-state index in [1.807, 2.05) is 44.2 Å². The number of hydrogen-bond acceptors (Lipinski definition) is 5. The maximum atomic E-state index is 12.8. The van der Waals surface area contributed by atoms with Gasteiger partial charge in [-0.1, -0.05) is 56.3 Å². The second-order valence-electron chi connectivity index (χ2n) is 7.72. The highest BCUT2D eigenvalue weighted by Gasteiger charge is 2.27. The van der Waals surface area contributed by atoms with Gasteiger partial charge in [0.15, 0.2) is 0 Å². The van der Waals surface area contributed by atoms with Gasteiger partial charge in [-0.05, 0) is 35.6 Å². The smallest absolute Gasteiger partial charge is 0.408 e. The Bertz CT molecular complexity index is 869. The van der Waals surface area contributed by atoms with Gasteiger partial charge in [-0.2, -0.15) is 0 Å². The number of nitrogens with one attached hydrogen (secondary N) is 2. The number of rotatable bonds is 10. The lowest BCUT2D eigenvalue weighted by atomic mass is 10.0. The first kappa shape index (κ1) is 23.7. The highest BCUT2D eigenvalue weighted by atomic mass is 16.5. The summed E-state index contributed by atoms with van der Waals surface area (Å²) >= 11 is 0. The largest absolute Gasteiger partial charge is 0.508 e. The number of ether oxygens (including phenoxy) is 1. The summed E-state index contributed by atoms with van der Waals surface area (Å²) in [5.41, 5.74) is 7.01. The lowest BCUT2D eigenvalue weighted by molar-refractivity contribution is -0.128. The Hall–Kier alpha value is -3.55. The van der Waals surface area contributed by atoms with E-state index in [4.69, 9.17) is 10.5 Å². The van der Waals surface area contributed by atoms with Gasteiger partial charge < -0.3 is 26.2 Å². The van der Waals surface area contributed by atoms with Gasteiger partial charge in [0.05, 0.1) is 0 Å². The van der Waals surface area contributed by atoms with E-state index in [0.29, 0.717) is 6.42 Å². The number of aromatic hydroxyl groups is 1. The zero-order valence-corrected chi connectivity index (χ0v) is 17.7. The van der Waals surface area contributed by atoms with Crippen LogP contribution in [0.2, 0.25) is 0 Å². The van der Waals surface area contributed by atoms with Gasteiger partial charge in [0.2, 0.25) is 11.8 Å². The number of carbonyl (C=O) groups is 3. The summed E-state index contributed by atoms with van der Waals surface area (Å²) in [6.45, 7) is 3.91. The first-order valence-electron chi connectivity index (χ1n) is 10.1. The van der Waals surface area contributed by atoms with E-state index in [9.17, 15) is 19.5 Å². The summed E-state index contributed by atoms with van der Waals surface area (Å²) in [6.07, 6.45) is -0.204. The van der Waals surface area contributed by atoms with E-state index in [1.165, 1.54) is 12.1 Å². The van der Waals surface area contributed by atoms with Gasteiger partial charge in [0.1, 0.15) is 24.4 Å². The summed E-state index contributed by atoms with van der Waals surface area (Å²) < 4.78 is 5.20. The molecule has 0 aliphatic carbocycles. The lowest BCUT2D eigenvalue weighted by Crippen LogP contribution is -2.54. The monoisotopic (exact) mass is 427 g/mol. The summed E-state index contributed by atoms with van der Waals surface area (Å²) in [4.78, 5) is 36.9. The maximum Gasteiger partial charge on any atom is 0.408 e. The summed E-state index contributed by atoms with van der Waals surface area (Å²) in [5.74, 6) is -1.02. The van der Waals surface area contributed by atoms with Crippen molar-refractivity contribution < 1.29 is 24.2 Å². The van der Waals surface area contributed by atoms with E-state index < -0.39 is 30.0 Å². The van der Waals surface area contributed by atoms with Gasteiger partial charge in [-0.25, -0.2) is 4.79 Å². The minimum absolute atomic E-state index is 0.0768. The van der Waals surface area contributed by atoms with Crippen molar-refractivity contribution in [2.45, 2.75) is 45.4 Å². The molecule has 3 amide bonds. The summed E-state index contributed by atoms with van der Waals surface area (Å²) in [7, 11) is 0. The predicted molar refractivity (Wildman–Crippen MR) is 116 cm³/mol. The van der Waals surface area contributed by atoms with Gasteiger partial charge in [-0.3, -0.25) is 9.59 Å². The van der Waals surface area contributed by atoms with Crippen molar-refractivity contribution in [2.24, 2.45) is 11.7 Å². The molecule has 8 heteroatoms. The van der Waals surface area contributed by atoms with Crippen molar-refractivity contribution >= 4 is 17.9 Å². The second-order valence-corrected chi connectivity index (χ2v) is 7.72. The van der Waals surface area contributed by atoms with Crippen LogP contribution in [0.5, 0.6) is 5.75 Å². The van der Waals surface area contributed by atoms with Gasteiger partial charge in [-0.15, -0.1) is 0 Å². The maximum absolute atomic E-state index is 12.8. The van der Waals surface area contributed by atoms with Crippen LogP contribution >= 0.6 is 0 Å². The van der Waals surface area contributed by atoms with Gasteiger partial charge in [0.25, 0.3) is 0 Å². The molecular formula is C23H29N3O5. The van der Waals surface area contributed by atoms with Crippen molar-refractivity contribution in [2.75, 3.05) is 0 Å². The standard InChI is InChI=1S/C23H29N3O5/c1-15(2)12-20(26-23(30)31-14-17-6-4-3-5-7-17)22(29)25-19(21(24)28)13-16-8-10-18(27)11-9-16/h3-11,15,19-20,27H,12-14H2,1-2H3,(H2,24,28)(H,25,29)(H,26,30)/t19-,20+/m0/s1. The van der Waals surface area contributed by atoms with E-state index >= 15 is 0 Å². The van der Waals surface area contributed by atoms with Crippen molar-refractivity contribution in [3.63, 3.8) is 0 Å². The molecule has 31 heavy (non-hydrogen) atoms. The number of amides is 3. The van der Waals surface area contributed by atoms with Gasteiger partial charge in [0, 0.05) is 6.42 Å². The Morgan fingerprint density at radius 3 is 2.16 bits per heavy atom. The molecule has 166 valence electrons. The van der Waals surface area contributed by atoms with Crippen LogP contribution in [-0.2, 0) is 27.4 Å². The fourth-order valence-electron chi connectivity index (χ4n) is 2.97. The van der Waals surface area contributed by atoms with Crippen LogP contribution in [0.4, 0.5) is 4.79 Å². The minimum atomic E-state index is -0.964. The third-order valence-electron chi connectivity index (χ3n) is 4.56. The molecule has 0 aromatic heterocycles. The molecule has 0 saturated heterocycles. The normalized spacial score (nSPS) is 12.6. The van der Waals surface area contributed by atoms with Crippen molar-refractivity contribution in [3.05, 3.63) is 65.7 Å². The molecule has 2 aromatic rings. The molecule has 2 aromatic carbocycles. The van der Waals surface area contributed by atoms with Crippen LogP contribution in [0.1, 0.15) is 31.4 Å². The molecular weight excluding hydrogens is 398 g/mol. The summed E-state index contributed by atoms with van der Waals surface area (Å²) in [6, 6.07) is 13.6. The van der Waals surface area contributed by atoms with Crippen LogP contribution in [0, 0.1) is 5.92 Å². The Kier molecular flexibility index (Phi) is 8.87. The Morgan fingerprint density at radius 2 is 1.58 bits per heavy atom. The molecule has 2 atom stereocenters. The topological polar surface area (TPSA) is 131 Å². The number of nitrogens with two attached hydrogens (primary N) is 1. The number of primary amides is 1. The Labute approximate surface area is 181 Å². The minimum Gasteiger partial charge on any atom is -0.508 e. The van der Waals surface area contributed by atoms with Crippen LogP contribution < -0.4 is 16.4 Å². The number of carbonyl (C=O) groups excluding carboxylic acids is 3. The predicted octanol–water partition coefficient (Wildman–Crippen LogP) is 2.25. The Balaban J connectivity index is 1.99. The third kappa shape index (κ3) is 8.38. The molecule has 0 aliphatic heterocycles. The molecule has 5 N–H and O–H groups in total. The zero-order valence-electron chi connectivity index (χ0n) is 17.7. The highest BCUT2D eigenvalue weighted by molar-refractivity contribution is 5.90. The molecule has 0 bridgehead atoms. The molecule has 0 aliphatic rings. The lowest BCUT2D eigenvalue weighted by Gasteiger charge is -2.23. The molecule has 8 nitrogen and oxygen atoms in total. The Morgan fingerprint density at radius 1 is 0.935 bits per heavy atom. The number of benzene rings is 2. The van der Waals surface area contributed by atoms with Crippen molar-refractivity contribution in [1.82, 2.24) is 10.6 Å². The van der Waals surface area contributed by atoms with Crippen molar-refractivity contribution in [3.8, 4) is 5.75 Å². The number of alkyl carbamates (subject to hydrolysis) is 1. The average Bonchev–Trinajstić information content (AvgIpc) is 2.73. The number of phenols is 1. The third-order valence-corrected chi connectivity index (χ3v) is 4.56. The fraction of sp³-hybridized carbons (Fsp3) is 0.348. The first-order chi connectivity index (χ1) is 14.7. The molecule has 0 heterocycles. The molecule has 0 radical (unpaired) electrons. The van der Waals surface area contributed by atoms with E-state index in [2.05, 4.69) is 10.6 Å². The SMILES string of the molecule is CC(C)C[C@@H](NC(=O)OCc1ccccc1)C(=O)N[C@@H](Cc1ccc(O)cc1)C(N)=O. The molecule has 2 rings (SSSR count). The zero-order chi connectivity index (χ0) is 22.8. The molecule has 0 fully saturated rings. The number of phenolic OH excluding ortho intramolecular Hbond substituents is 1. The first-order valence-corrected chi connectivity index (χ1v) is 10.1. The van der Waals surface area contributed by atoms with Crippen molar-refractivity contribution in [1.29, 1.82) is 0 Å².